The number of hydrogen-bond acceptors (Lipinski definition) is 3. The SMILES string of the molecule is CC[C@@H](C)NC(=O)[C@H](C)N(Cc1ccccc1C)C(=O)COc1ccccc1C. The van der Waals surface area contributed by atoms with Gasteiger partial charge in [0.15, 0.2) is 6.61 Å². The first kappa shape index (κ1) is 22.5. The van der Waals surface area contributed by atoms with Crippen LogP contribution in [0.4, 0.5) is 0 Å². The smallest absolute Gasteiger partial charge is 0.261 e. The number of benzene rings is 2. The molecule has 2 aromatic rings. The lowest BCUT2D eigenvalue weighted by atomic mass is 10.1. The zero-order valence-corrected chi connectivity index (χ0v) is 18.1. The highest BCUT2D eigenvalue weighted by Crippen LogP contribution is 2.18. The van der Waals surface area contributed by atoms with E-state index in [-0.39, 0.29) is 24.5 Å². The van der Waals surface area contributed by atoms with Gasteiger partial charge in [0.1, 0.15) is 11.8 Å². The molecule has 0 unspecified atom stereocenters. The summed E-state index contributed by atoms with van der Waals surface area (Å²) in [4.78, 5) is 27.4. The molecule has 2 amide bonds. The number of para-hydroxylation sites is 1. The van der Waals surface area contributed by atoms with Gasteiger partial charge in [0.2, 0.25) is 5.91 Å². The summed E-state index contributed by atoms with van der Waals surface area (Å²) < 4.78 is 5.76. The molecule has 0 radical (unpaired) electrons. The standard InChI is InChI=1S/C24H32N2O3/c1-6-19(4)25-24(28)20(5)26(15-21-13-9-7-11-17(21)2)23(27)16-29-22-14-10-8-12-18(22)3/h7-14,19-20H,6,15-16H2,1-5H3,(H,25,28)/t19-,20+/m1/s1. The Morgan fingerprint density at radius 2 is 1.62 bits per heavy atom. The second-order valence-electron chi connectivity index (χ2n) is 7.50. The maximum Gasteiger partial charge on any atom is 0.261 e. The van der Waals surface area contributed by atoms with Gasteiger partial charge in [-0.3, -0.25) is 9.59 Å². The van der Waals surface area contributed by atoms with Crippen molar-refractivity contribution in [3.8, 4) is 5.75 Å². The predicted molar refractivity (Wildman–Crippen MR) is 116 cm³/mol. The lowest BCUT2D eigenvalue weighted by Gasteiger charge is -2.30. The van der Waals surface area contributed by atoms with Crippen molar-refractivity contribution in [1.29, 1.82) is 0 Å². The lowest BCUT2D eigenvalue weighted by Crippen LogP contribution is -2.50. The van der Waals surface area contributed by atoms with Gasteiger partial charge in [-0.05, 0) is 56.9 Å². The van der Waals surface area contributed by atoms with Crippen molar-refractivity contribution in [2.24, 2.45) is 0 Å². The number of carbonyl (C=O) groups is 2. The van der Waals surface area contributed by atoms with Gasteiger partial charge in [0.05, 0.1) is 0 Å². The molecule has 0 spiro atoms. The molecule has 0 aliphatic carbocycles. The average molecular weight is 397 g/mol. The molecule has 156 valence electrons. The summed E-state index contributed by atoms with van der Waals surface area (Å²) >= 11 is 0. The minimum atomic E-state index is -0.600. The monoisotopic (exact) mass is 396 g/mol. The normalized spacial score (nSPS) is 12.7. The molecule has 0 fully saturated rings. The van der Waals surface area contributed by atoms with E-state index >= 15 is 0 Å². The van der Waals surface area contributed by atoms with Crippen molar-refractivity contribution < 1.29 is 14.3 Å². The van der Waals surface area contributed by atoms with Gasteiger partial charge in [-0.15, -0.1) is 0 Å². The third-order valence-electron chi connectivity index (χ3n) is 5.22. The zero-order chi connectivity index (χ0) is 21.4. The summed E-state index contributed by atoms with van der Waals surface area (Å²) in [6, 6.07) is 14.9. The van der Waals surface area contributed by atoms with Crippen molar-refractivity contribution in [2.45, 2.75) is 59.7 Å². The van der Waals surface area contributed by atoms with Crippen LogP contribution in [0.3, 0.4) is 0 Å². The Bertz CT molecular complexity index is 834. The van der Waals surface area contributed by atoms with Crippen LogP contribution in [0.2, 0.25) is 0 Å². The third kappa shape index (κ3) is 6.34. The zero-order valence-electron chi connectivity index (χ0n) is 18.1. The molecule has 0 saturated heterocycles. The van der Waals surface area contributed by atoms with Gasteiger partial charge in [0.25, 0.3) is 5.91 Å². The van der Waals surface area contributed by atoms with Crippen LogP contribution in [-0.4, -0.2) is 35.4 Å². The molecule has 0 bridgehead atoms. The van der Waals surface area contributed by atoms with Gasteiger partial charge < -0.3 is 15.0 Å². The first-order valence-electron chi connectivity index (χ1n) is 10.2. The topological polar surface area (TPSA) is 58.6 Å². The second-order valence-corrected chi connectivity index (χ2v) is 7.50. The highest BCUT2D eigenvalue weighted by Gasteiger charge is 2.27. The fourth-order valence-corrected chi connectivity index (χ4v) is 2.96. The Morgan fingerprint density at radius 3 is 2.24 bits per heavy atom. The van der Waals surface area contributed by atoms with Crippen LogP contribution in [-0.2, 0) is 16.1 Å². The van der Waals surface area contributed by atoms with Crippen molar-refractivity contribution >= 4 is 11.8 Å². The highest BCUT2D eigenvalue weighted by atomic mass is 16.5. The van der Waals surface area contributed by atoms with E-state index in [1.165, 1.54) is 0 Å². The van der Waals surface area contributed by atoms with Gasteiger partial charge in [-0.1, -0.05) is 49.4 Å². The third-order valence-corrected chi connectivity index (χ3v) is 5.22. The van der Waals surface area contributed by atoms with E-state index in [0.717, 1.165) is 23.1 Å². The minimum Gasteiger partial charge on any atom is -0.484 e. The fraction of sp³-hybridized carbons (Fsp3) is 0.417. The summed E-state index contributed by atoms with van der Waals surface area (Å²) in [5, 5.41) is 2.97. The molecule has 1 N–H and O–H groups in total. The molecule has 5 heteroatoms. The van der Waals surface area contributed by atoms with E-state index in [4.69, 9.17) is 4.74 Å². The molecular formula is C24H32N2O3. The lowest BCUT2D eigenvalue weighted by molar-refractivity contribution is -0.142. The van der Waals surface area contributed by atoms with Crippen molar-refractivity contribution in [3.05, 3.63) is 65.2 Å². The van der Waals surface area contributed by atoms with Gasteiger partial charge in [-0.25, -0.2) is 0 Å². The van der Waals surface area contributed by atoms with Crippen molar-refractivity contribution in [2.75, 3.05) is 6.61 Å². The first-order chi connectivity index (χ1) is 13.8. The van der Waals surface area contributed by atoms with Crippen molar-refractivity contribution in [3.63, 3.8) is 0 Å². The molecular weight excluding hydrogens is 364 g/mol. The molecule has 29 heavy (non-hydrogen) atoms. The van der Waals surface area contributed by atoms with Crippen LogP contribution < -0.4 is 10.1 Å². The second kappa shape index (κ2) is 10.6. The quantitative estimate of drug-likeness (QED) is 0.697. The molecule has 0 aromatic heterocycles. The van der Waals surface area contributed by atoms with Crippen molar-refractivity contribution in [1.82, 2.24) is 10.2 Å². The molecule has 5 nitrogen and oxygen atoms in total. The summed E-state index contributed by atoms with van der Waals surface area (Å²) in [6.45, 7) is 9.93. The number of hydrogen-bond donors (Lipinski definition) is 1. The Kier molecular flexibility index (Phi) is 8.25. The molecule has 0 heterocycles. The van der Waals surface area contributed by atoms with Crippen LogP contribution >= 0.6 is 0 Å². The fourth-order valence-electron chi connectivity index (χ4n) is 2.96. The molecule has 2 atom stereocenters. The maximum atomic E-state index is 13.1. The summed E-state index contributed by atoms with van der Waals surface area (Å²) in [5.41, 5.74) is 3.06. The number of amides is 2. The maximum absolute atomic E-state index is 13.1. The Balaban J connectivity index is 2.18. The highest BCUT2D eigenvalue weighted by molar-refractivity contribution is 5.88. The molecule has 2 aromatic carbocycles. The average Bonchev–Trinajstić information content (AvgIpc) is 2.71. The predicted octanol–water partition coefficient (Wildman–Crippen LogP) is 4.01. The van der Waals surface area contributed by atoms with E-state index in [1.807, 2.05) is 76.2 Å². The Labute approximate surface area is 174 Å². The van der Waals surface area contributed by atoms with E-state index in [9.17, 15) is 9.59 Å². The summed E-state index contributed by atoms with van der Waals surface area (Å²) in [5.74, 6) is 0.300. The minimum absolute atomic E-state index is 0.0589. The molecule has 0 aliphatic heterocycles. The van der Waals surface area contributed by atoms with Crippen LogP contribution in [0.5, 0.6) is 5.75 Å². The van der Waals surface area contributed by atoms with E-state index < -0.39 is 6.04 Å². The first-order valence-corrected chi connectivity index (χ1v) is 10.2. The van der Waals surface area contributed by atoms with E-state index in [1.54, 1.807) is 11.8 Å². The number of carbonyl (C=O) groups excluding carboxylic acids is 2. The number of aryl methyl sites for hydroxylation is 2. The Hall–Kier alpha value is -2.82. The molecule has 2 rings (SSSR count). The van der Waals surface area contributed by atoms with Crippen LogP contribution in [0.1, 0.15) is 43.9 Å². The Morgan fingerprint density at radius 1 is 1.00 bits per heavy atom. The van der Waals surface area contributed by atoms with Crippen LogP contribution in [0, 0.1) is 13.8 Å². The van der Waals surface area contributed by atoms with Gasteiger partial charge >= 0.3 is 0 Å². The van der Waals surface area contributed by atoms with Crippen LogP contribution in [0.25, 0.3) is 0 Å². The van der Waals surface area contributed by atoms with E-state index in [0.29, 0.717) is 12.3 Å². The summed E-state index contributed by atoms with van der Waals surface area (Å²) in [7, 11) is 0. The number of ether oxygens (including phenoxy) is 1. The van der Waals surface area contributed by atoms with E-state index in [2.05, 4.69) is 5.32 Å². The van der Waals surface area contributed by atoms with Gasteiger partial charge in [0, 0.05) is 12.6 Å². The number of rotatable bonds is 9. The largest absolute Gasteiger partial charge is 0.484 e. The molecule has 0 saturated carbocycles. The summed E-state index contributed by atoms with van der Waals surface area (Å²) in [6.07, 6.45) is 0.834. The number of nitrogens with zero attached hydrogens (tertiary/aromatic N) is 1. The molecule has 0 aliphatic rings. The number of nitrogens with one attached hydrogen (secondary N) is 1. The van der Waals surface area contributed by atoms with Crippen LogP contribution in [0.15, 0.2) is 48.5 Å². The van der Waals surface area contributed by atoms with Gasteiger partial charge in [-0.2, -0.15) is 0 Å².